The molecule has 0 aliphatic heterocycles. The predicted molar refractivity (Wildman–Crippen MR) is 64.9 cm³/mol. The zero-order valence-electron chi connectivity index (χ0n) is 9.84. The van der Waals surface area contributed by atoms with Crippen LogP contribution in [0.4, 0.5) is 0 Å². The third-order valence-corrected chi connectivity index (χ3v) is 2.71. The van der Waals surface area contributed by atoms with E-state index in [1.165, 1.54) is 6.92 Å². The molecule has 0 saturated heterocycles. The van der Waals surface area contributed by atoms with Gasteiger partial charge in [0.25, 0.3) is 0 Å². The molecule has 0 radical (unpaired) electrons. The Hall–Kier alpha value is -1.37. The van der Waals surface area contributed by atoms with Crippen LogP contribution in [0.5, 0.6) is 0 Å². The quantitative estimate of drug-likeness (QED) is 0.504. The maximum Gasteiger partial charge on any atom is 0.488 e. The zero-order chi connectivity index (χ0) is 13.2. The highest BCUT2D eigenvalue weighted by Crippen LogP contribution is 2.14. The summed E-state index contributed by atoms with van der Waals surface area (Å²) in [5, 5.41) is 26.9. The summed E-state index contributed by atoms with van der Waals surface area (Å²) in [6, 6.07) is 4.82. The summed E-state index contributed by atoms with van der Waals surface area (Å²) < 4.78 is 0. The Morgan fingerprint density at radius 3 is 2.47 bits per heavy atom. The molecule has 0 aromatic heterocycles. The predicted octanol–water partition coefficient (Wildman–Crippen LogP) is -0.981. The molecule has 6 heteroatoms. The van der Waals surface area contributed by atoms with Crippen LogP contribution in [0.1, 0.15) is 18.1 Å². The van der Waals surface area contributed by atoms with Gasteiger partial charge in [-0.25, -0.2) is 0 Å². The van der Waals surface area contributed by atoms with E-state index in [9.17, 15) is 4.79 Å². The van der Waals surface area contributed by atoms with Gasteiger partial charge in [-0.2, -0.15) is 0 Å². The first-order valence-electron chi connectivity index (χ1n) is 5.22. The van der Waals surface area contributed by atoms with Gasteiger partial charge in [-0.3, -0.25) is 4.79 Å². The molecule has 0 heterocycles. The first-order valence-corrected chi connectivity index (χ1v) is 5.22. The van der Waals surface area contributed by atoms with E-state index in [1.54, 1.807) is 25.1 Å². The van der Waals surface area contributed by atoms with Gasteiger partial charge in [-0.05, 0) is 30.4 Å². The fourth-order valence-corrected chi connectivity index (χ4v) is 1.55. The van der Waals surface area contributed by atoms with Crippen LogP contribution in [0.15, 0.2) is 18.2 Å². The average Bonchev–Trinajstić information content (AvgIpc) is 2.20. The molecule has 17 heavy (non-hydrogen) atoms. The molecule has 5 N–H and O–H groups in total. The summed E-state index contributed by atoms with van der Waals surface area (Å²) in [7, 11) is -1.52. The third-order valence-electron chi connectivity index (χ3n) is 2.71. The van der Waals surface area contributed by atoms with Crippen LogP contribution in [0.25, 0.3) is 0 Å². The van der Waals surface area contributed by atoms with Crippen molar-refractivity contribution in [1.29, 1.82) is 0 Å². The molecular weight excluding hydrogens is 221 g/mol. The molecule has 1 aromatic carbocycles. The van der Waals surface area contributed by atoms with Crippen molar-refractivity contribution in [3.63, 3.8) is 0 Å². The SMILES string of the molecule is Cc1cc(B(O)O)ccc1C[C@@](C)(N)C(=O)O. The zero-order valence-corrected chi connectivity index (χ0v) is 9.84. The fourth-order valence-electron chi connectivity index (χ4n) is 1.55. The average molecular weight is 237 g/mol. The number of aryl methyl sites for hydroxylation is 1. The van der Waals surface area contributed by atoms with Crippen LogP contribution in [0, 0.1) is 6.92 Å². The molecule has 1 aromatic rings. The monoisotopic (exact) mass is 237 g/mol. The Morgan fingerprint density at radius 2 is 2.06 bits per heavy atom. The standard InChI is InChI=1S/C11H16BNO4/c1-7-5-9(12(16)17)4-3-8(7)6-11(2,13)10(14)15/h3-5,16-17H,6,13H2,1-2H3,(H,14,15)/t11-/m1/s1. The van der Waals surface area contributed by atoms with Gasteiger partial charge in [0.1, 0.15) is 5.54 Å². The van der Waals surface area contributed by atoms with E-state index in [2.05, 4.69) is 0 Å². The van der Waals surface area contributed by atoms with Gasteiger partial charge in [0, 0.05) is 6.42 Å². The molecule has 92 valence electrons. The van der Waals surface area contributed by atoms with E-state index in [4.69, 9.17) is 20.9 Å². The lowest BCUT2D eigenvalue weighted by molar-refractivity contribution is -0.142. The number of carbonyl (C=O) groups is 1. The topological polar surface area (TPSA) is 104 Å². The van der Waals surface area contributed by atoms with Crippen molar-refractivity contribution in [1.82, 2.24) is 0 Å². The molecule has 5 nitrogen and oxygen atoms in total. The van der Waals surface area contributed by atoms with Crippen LogP contribution in [-0.4, -0.2) is 33.8 Å². The summed E-state index contributed by atoms with van der Waals surface area (Å²) in [4.78, 5) is 10.9. The van der Waals surface area contributed by atoms with Crippen LogP contribution in [0.2, 0.25) is 0 Å². The summed E-state index contributed by atoms with van der Waals surface area (Å²) in [6.07, 6.45) is 0.190. The van der Waals surface area contributed by atoms with Crippen molar-refractivity contribution in [2.24, 2.45) is 5.73 Å². The van der Waals surface area contributed by atoms with Crippen molar-refractivity contribution in [3.8, 4) is 0 Å². The lowest BCUT2D eigenvalue weighted by atomic mass is 9.78. The van der Waals surface area contributed by atoms with Gasteiger partial charge in [0.15, 0.2) is 0 Å². The number of hydrogen-bond donors (Lipinski definition) is 4. The van der Waals surface area contributed by atoms with E-state index < -0.39 is 18.6 Å². The molecule has 1 atom stereocenters. The minimum absolute atomic E-state index is 0.190. The second-order valence-corrected chi connectivity index (χ2v) is 4.46. The normalized spacial score (nSPS) is 14.2. The van der Waals surface area contributed by atoms with Gasteiger partial charge in [0.2, 0.25) is 0 Å². The summed E-state index contributed by atoms with van der Waals surface area (Å²) in [5.74, 6) is -1.07. The van der Waals surface area contributed by atoms with Crippen molar-refractivity contribution in [3.05, 3.63) is 29.3 Å². The maximum atomic E-state index is 10.9. The number of benzene rings is 1. The highest BCUT2D eigenvalue weighted by molar-refractivity contribution is 6.58. The van der Waals surface area contributed by atoms with E-state index in [0.29, 0.717) is 5.46 Å². The van der Waals surface area contributed by atoms with Gasteiger partial charge in [-0.1, -0.05) is 18.2 Å². The number of hydrogen-bond acceptors (Lipinski definition) is 4. The van der Waals surface area contributed by atoms with Gasteiger partial charge in [-0.15, -0.1) is 0 Å². The van der Waals surface area contributed by atoms with Crippen molar-refractivity contribution in [2.45, 2.75) is 25.8 Å². The molecule has 0 unspecified atom stereocenters. The first-order chi connectivity index (χ1) is 7.74. The smallest absolute Gasteiger partial charge is 0.480 e. The number of rotatable bonds is 4. The Labute approximate surface area is 100 Å². The Kier molecular flexibility index (Phi) is 3.92. The van der Waals surface area contributed by atoms with Gasteiger partial charge >= 0.3 is 13.1 Å². The highest BCUT2D eigenvalue weighted by Gasteiger charge is 2.28. The number of nitrogens with two attached hydrogens (primary N) is 1. The van der Waals surface area contributed by atoms with E-state index in [0.717, 1.165) is 11.1 Å². The number of carboxylic acid groups (broad SMARTS) is 1. The Morgan fingerprint density at radius 1 is 1.47 bits per heavy atom. The largest absolute Gasteiger partial charge is 0.488 e. The molecule has 0 amide bonds. The summed E-state index contributed by atoms with van der Waals surface area (Å²) in [5.41, 5.74) is 6.27. The lowest BCUT2D eigenvalue weighted by Crippen LogP contribution is -2.47. The fraction of sp³-hybridized carbons (Fsp3) is 0.364. The van der Waals surface area contributed by atoms with Crippen LogP contribution >= 0.6 is 0 Å². The molecule has 0 spiro atoms. The number of carboxylic acids is 1. The second kappa shape index (κ2) is 4.87. The maximum absolute atomic E-state index is 10.9. The van der Waals surface area contributed by atoms with Crippen molar-refractivity contribution >= 4 is 18.6 Å². The third kappa shape index (κ3) is 3.29. The Balaban J connectivity index is 2.98. The Bertz CT molecular complexity index is 431. The van der Waals surface area contributed by atoms with Crippen LogP contribution < -0.4 is 11.2 Å². The molecule has 0 saturated carbocycles. The molecule has 0 bridgehead atoms. The van der Waals surface area contributed by atoms with Crippen molar-refractivity contribution < 1.29 is 19.9 Å². The molecule has 1 rings (SSSR count). The molecule has 0 aliphatic rings. The summed E-state index contributed by atoms with van der Waals surface area (Å²) in [6.45, 7) is 3.22. The molecule has 0 fully saturated rings. The number of aliphatic carboxylic acids is 1. The van der Waals surface area contributed by atoms with Crippen molar-refractivity contribution in [2.75, 3.05) is 0 Å². The van der Waals surface area contributed by atoms with Crippen LogP contribution in [-0.2, 0) is 11.2 Å². The first kappa shape index (κ1) is 13.7. The lowest BCUT2D eigenvalue weighted by Gasteiger charge is -2.20. The minimum atomic E-state index is -1.52. The molecule has 0 aliphatic carbocycles. The second-order valence-electron chi connectivity index (χ2n) is 4.46. The van der Waals surface area contributed by atoms with Gasteiger partial charge < -0.3 is 20.9 Å². The minimum Gasteiger partial charge on any atom is -0.480 e. The van der Waals surface area contributed by atoms with E-state index >= 15 is 0 Å². The molecular formula is C11H16BNO4. The van der Waals surface area contributed by atoms with E-state index in [1.807, 2.05) is 0 Å². The highest BCUT2D eigenvalue weighted by atomic mass is 16.4. The van der Waals surface area contributed by atoms with Crippen LogP contribution in [0.3, 0.4) is 0 Å². The summed E-state index contributed by atoms with van der Waals surface area (Å²) >= 11 is 0. The van der Waals surface area contributed by atoms with Gasteiger partial charge in [0.05, 0.1) is 0 Å². The van der Waals surface area contributed by atoms with E-state index in [-0.39, 0.29) is 6.42 Å².